The standard InChI is InChI=1S/C16H13BrCl2N2/c1-10-2-3-11(17)8-15(10)21-14-5-4-12(19)9-13(14)20-16(21)6-7-18/h2-5,8-9H,6-7H2,1H3. The second-order valence-electron chi connectivity index (χ2n) is 4.87. The van der Waals surface area contributed by atoms with Crippen molar-refractivity contribution < 1.29 is 0 Å². The van der Waals surface area contributed by atoms with Gasteiger partial charge in [-0.3, -0.25) is 4.57 Å². The van der Waals surface area contributed by atoms with Crippen molar-refractivity contribution in [2.45, 2.75) is 13.3 Å². The summed E-state index contributed by atoms with van der Waals surface area (Å²) in [6.07, 6.45) is 0.708. The zero-order chi connectivity index (χ0) is 15.0. The van der Waals surface area contributed by atoms with Crippen LogP contribution in [0.3, 0.4) is 0 Å². The first kappa shape index (κ1) is 14.9. The molecule has 0 saturated carbocycles. The summed E-state index contributed by atoms with van der Waals surface area (Å²) >= 11 is 15.6. The van der Waals surface area contributed by atoms with Crippen molar-refractivity contribution in [3.05, 3.63) is 57.3 Å². The number of fused-ring (bicyclic) bond motifs is 1. The molecule has 3 aromatic rings. The number of hydrogen-bond donors (Lipinski definition) is 0. The fraction of sp³-hybridized carbons (Fsp3) is 0.188. The average molecular weight is 384 g/mol. The molecule has 0 radical (unpaired) electrons. The van der Waals surface area contributed by atoms with Gasteiger partial charge in [0.25, 0.3) is 0 Å². The number of halogens is 3. The number of aromatic nitrogens is 2. The van der Waals surface area contributed by atoms with Gasteiger partial charge in [0.05, 0.1) is 16.7 Å². The van der Waals surface area contributed by atoms with Crippen LogP contribution in [-0.2, 0) is 6.42 Å². The fourth-order valence-corrected chi connectivity index (χ4v) is 3.13. The van der Waals surface area contributed by atoms with E-state index in [1.807, 2.05) is 24.3 Å². The molecule has 0 saturated heterocycles. The van der Waals surface area contributed by atoms with Crippen molar-refractivity contribution in [3.8, 4) is 5.69 Å². The highest BCUT2D eigenvalue weighted by molar-refractivity contribution is 9.10. The van der Waals surface area contributed by atoms with E-state index in [0.717, 1.165) is 27.0 Å². The van der Waals surface area contributed by atoms with E-state index in [-0.39, 0.29) is 0 Å². The topological polar surface area (TPSA) is 17.8 Å². The second kappa shape index (κ2) is 5.99. The molecule has 0 aliphatic carbocycles. The van der Waals surface area contributed by atoms with Gasteiger partial charge < -0.3 is 0 Å². The molecule has 2 aromatic carbocycles. The number of rotatable bonds is 3. The number of aryl methyl sites for hydroxylation is 2. The van der Waals surface area contributed by atoms with Gasteiger partial charge in [0.15, 0.2) is 0 Å². The van der Waals surface area contributed by atoms with Gasteiger partial charge in [-0.2, -0.15) is 0 Å². The van der Waals surface area contributed by atoms with Crippen molar-refractivity contribution in [2.75, 3.05) is 5.88 Å². The van der Waals surface area contributed by atoms with Crippen molar-refractivity contribution in [3.63, 3.8) is 0 Å². The van der Waals surface area contributed by atoms with Crippen LogP contribution < -0.4 is 0 Å². The number of nitrogens with zero attached hydrogens (tertiary/aromatic N) is 2. The van der Waals surface area contributed by atoms with E-state index in [4.69, 9.17) is 23.2 Å². The smallest absolute Gasteiger partial charge is 0.115 e. The Morgan fingerprint density at radius 2 is 2.00 bits per heavy atom. The van der Waals surface area contributed by atoms with E-state index in [9.17, 15) is 0 Å². The first-order chi connectivity index (χ1) is 10.1. The quantitative estimate of drug-likeness (QED) is 0.543. The highest BCUT2D eigenvalue weighted by Gasteiger charge is 2.14. The Morgan fingerprint density at radius 3 is 2.76 bits per heavy atom. The maximum absolute atomic E-state index is 6.08. The Balaban J connectivity index is 2.33. The third-order valence-corrected chi connectivity index (χ3v) is 4.33. The first-order valence-electron chi connectivity index (χ1n) is 6.59. The summed E-state index contributed by atoms with van der Waals surface area (Å²) in [6, 6.07) is 12.0. The minimum absolute atomic E-state index is 0.532. The van der Waals surface area contributed by atoms with Crippen LogP contribution in [0.5, 0.6) is 0 Å². The summed E-state index contributed by atoms with van der Waals surface area (Å²) in [7, 11) is 0. The predicted octanol–water partition coefficient (Wildman–Crippen LogP) is 5.53. The predicted molar refractivity (Wildman–Crippen MR) is 92.9 cm³/mol. The molecular weight excluding hydrogens is 371 g/mol. The molecule has 0 spiro atoms. The Kier molecular flexibility index (Phi) is 4.25. The van der Waals surface area contributed by atoms with E-state index in [1.54, 1.807) is 0 Å². The molecule has 1 aromatic heterocycles. The molecule has 1 heterocycles. The van der Waals surface area contributed by atoms with Crippen molar-refractivity contribution >= 4 is 50.2 Å². The van der Waals surface area contributed by atoms with Crippen LogP contribution in [0.4, 0.5) is 0 Å². The average Bonchev–Trinajstić information content (AvgIpc) is 2.79. The number of benzene rings is 2. The summed E-state index contributed by atoms with van der Waals surface area (Å²) in [5.41, 5.74) is 4.22. The summed E-state index contributed by atoms with van der Waals surface area (Å²) in [4.78, 5) is 4.69. The van der Waals surface area contributed by atoms with Crippen LogP contribution in [0.1, 0.15) is 11.4 Å². The van der Waals surface area contributed by atoms with E-state index < -0.39 is 0 Å². The number of imidazole rings is 1. The minimum Gasteiger partial charge on any atom is -0.296 e. The normalized spacial score (nSPS) is 11.2. The van der Waals surface area contributed by atoms with Crippen molar-refractivity contribution in [1.29, 1.82) is 0 Å². The van der Waals surface area contributed by atoms with Crippen molar-refractivity contribution in [2.24, 2.45) is 0 Å². The van der Waals surface area contributed by atoms with Gasteiger partial charge in [0.1, 0.15) is 5.82 Å². The summed E-state index contributed by atoms with van der Waals surface area (Å²) in [6.45, 7) is 2.09. The lowest BCUT2D eigenvalue weighted by atomic mass is 10.2. The lowest BCUT2D eigenvalue weighted by molar-refractivity contribution is 0.906. The van der Waals surface area contributed by atoms with Crippen LogP contribution in [0.2, 0.25) is 5.02 Å². The van der Waals surface area contributed by atoms with Gasteiger partial charge in [-0.15, -0.1) is 11.6 Å². The Labute approximate surface area is 141 Å². The highest BCUT2D eigenvalue weighted by Crippen LogP contribution is 2.28. The summed E-state index contributed by atoms with van der Waals surface area (Å²) in [5, 5.41) is 0.690. The minimum atomic E-state index is 0.532. The van der Waals surface area contributed by atoms with Gasteiger partial charge >= 0.3 is 0 Å². The molecule has 0 bridgehead atoms. The Morgan fingerprint density at radius 1 is 1.19 bits per heavy atom. The molecule has 0 fully saturated rings. The lowest BCUT2D eigenvalue weighted by Crippen LogP contribution is -2.04. The van der Waals surface area contributed by atoms with Crippen LogP contribution >= 0.6 is 39.1 Å². The van der Waals surface area contributed by atoms with E-state index >= 15 is 0 Å². The maximum atomic E-state index is 6.08. The zero-order valence-electron chi connectivity index (χ0n) is 11.4. The van der Waals surface area contributed by atoms with Gasteiger partial charge in [0.2, 0.25) is 0 Å². The molecule has 0 unspecified atom stereocenters. The van der Waals surface area contributed by atoms with Gasteiger partial charge in [-0.25, -0.2) is 4.98 Å². The molecule has 0 aliphatic heterocycles. The molecule has 21 heavy (non-hydrogen) atoms. The summed E-state index contributed by atoms with van der Waals surface area (Å²) < 4.78 is 3.20. The summed E-state index contributed by atoms with van der Waals surface area (Å²) in [5.74, 6) is 1.48. The molecule has 0 amide bonds. The van der Waals surface area contributed by atoms with Crippen LogP contribution in [0.15, 0.2) is 40.9 Å². The Hall–Kier alpha value is -1.03. The van der Waals surface area contributed by atoms with Gasteiger partial charge in [-0.05, 0) is 42.8 Å². The first-order valence-corrected chi connectivity index (χ1v) is 8.30. The molecule has 5 heteroatoms. The molecule has 0 N–H and O–H groups in total. The van der Waals surface area contributed by atoms with Crippen molar-refractivity contribution in [1.82, 2.24) is 9.55 Å². The molecule has 3 rings (SSSR count). The number of hydrogen-bond acceptors (Lipinski definition) is 1. The van der Waals surface area contributed by atoms with Crippen LogP contribution in [0.25, 0.3) is 16.7 Å². The molecule has 0 aliphatic rings. The monoisotopic (exact) mass is 382 g/mol. The van der Waals surface area contributed by atoms with Crippen LogP contribution in [0, 0.1) is 6.92 Å². The zero-order valence-corrected chi connectivity index (χ0v) is 14.5. The Bertz CT molecular complexity index is 811. The molecule has 0 atom stereocenters. The molecule has 108 valence electrons. The third kappa shape index (κ3) is 2.83. The fourth-order valence-electron chi connectivity index (χ4n) is 2.45. The highest BCUT2D eigenvalue weighted by atomic mass is 79.9. The second-order valence-corrected chi connectivity index (χ2v) is 6.60. The largest absolute Gasteiger partial charge is 0.296 e. The number of alkyl halides is 1. The lowest BCUT2D eigenvalue weighted by Gasteiger charge is -2.12. The van der Waals surface area contributed by atoms with E-state index in [0.29, 0.717) is 17.3 Å². The third-order valence-electron chi connectivity index (χ3n) is 3.42. The molecular formula is C16H13BrCl2N2. The van der Waals surface area contributed by atoms with Crippen LogP contribution in [-0.4, -0.2) is 15.4 Å². The van der Waals surface area contributed by atoms with Gasteiger partial charge in [-0.1, -0.05) is 33.6 Å². The van der Waals surface area contributed by atoms with E-state index in [2.05, 4.69) is 44.5 Å². The maximum Gasteiger partial charge on any atom is 0.115 e. The SMILES string of the molecule is Cc1ccc(Br)cc1-n1c(CCCl)nc2cc(Cl)ccc21. The van der Waals surface area contributed by atoms with E-state index in [1.165, 1.54) is 5.56 Å². The molecule has 2 nitrogen and oxygen atoms in total. The van der Waals surface area contributed by atoms with Gasteiger partial charge in [0, 0.05) is 21.8 Å².